The minimum atomic E-state index is -0.640. The van der Waals surface area contributed by atoms with Crippen LogP contribution < -0.4 is 5.69 Å². The van der Waals surface area contributed by atoms with E-state index in [2.05, 4.69) is 9.98 Å². The first-order chi connectivity index (χ1) is 8.58. The molecule has 0 bridgehead atoms. The van der Waals surface area contributed by atoms with E-state index in [0.717, 1.165) is 10.8 Å². The number of thiophene rings is 1. The molecule has 2 aromatic rings. The van der Waals surface area contributed by atoms with Crippen molar-refractivity contribution in [3.05, 3.63) is 39.3 Å². The first-order valence-electron chi connectivity index (χ1n) is 5.10. The molecule has 0 atom stereocenters. The molecule has 0 saturated heterocycles. The van der Waals surface area contributed by atoms with Gasteiger partial charge in [-0.1, -0.05) is 0 Å². The molecular weight excluding hydrogens is 255 g/mol. The van der Waals surface area contributed by atoms with Crippen molar-refractivity contribution in [2.45, 2.75) is 0 Å². The average Bonchev–Trinajstić information content (AvgIpc) is 2.83. The standard InChI is InChI=1S/C11H11FN4OS/c1-15(2)7-13-10-9(12)5-16(11(17)14-10)8-3-4-18-6-8/h3-7H,1-2H3/b13-7+. The number of hydrogen-bond acceptors (Lipinski definition) is 4. The number of nitrogens with zero attached hydrogens (tertiary/aromatic N) is 4. The van der Waals surface area contributed by atoms with Crippen LogP contribution in [-0.2, 0) is 0 Å². The number of rotatable bonds is 3. The molecule has 94 valence electrons. The number of hydrogen-bond donors (Lipinski definition) is 0. The molecule has 0 aliphatic carbocycles. The SMILES string of the molecule is CN(C)/C=N/c1nc(=O)n(-c2ccsc2)cc1F. The summed E-state index contributed by atoms with van der Waals surface area (Å²) in [5, 5.41) is 3.54. The summed E-state index contributed by atoms with van der Waals surface area (Å²) in [4.78, 5) is 20.8. The summed E-state index contributed by atoms with van der Waals surface area (Å²) in [6, 6.07) is 1.72. The van der Waals surface area contributed by atoms with E-state index in [9.17, 15) is 9.18 Å². The Bertz CT molecular complexity index is 618. The van der Waals surface area contributed by atoms with Crippen LogP contribution in [-0.4, -0.2) is 34.9 Å². The van der Waals surface area contributed by atoms with Crippen LogP contribution in [0.5, 0.6) is 0 Å². The zero-order chi connectivity index (χ0) is 13.1. The average molecular weight is 266 g/mol. The molecule has 0 radical (unpaired) electrons. The fourth-order valence-electron chi connectivity index (χ4n) is 1.26. The van der Waals surface area contributed by atoms with Gasteiger partial charge in [0.15, 0.2) is 11.6 Å². The van der Waals surface area contributed by atoms with Crippen LogP contribution in [0.4, 0.5) is 10.2 Å². The van der Waals surface area contributed by atoms with Gasteiger partial charge >= 0.3 is 5.69 Å². The summed E-state index contributed by atoms with van der Waals surface area (Å²) in [7, 11) is 3.49. The van der Waals surface area contributed by atoms with Gasteiger partial charge in [0, 0.05) is 19.5 Å². The third kappa shape index (κ3) is 2.62. The monoisotopic (exact) mass is 266 g/mol. The Morgan fingerprint density at radius 2 is 2.33 bits per heavy atom. The molecule has 0 N–H and O–H groups in total. The van der Waals surface area contributed by atoms with Crippen LogP contribution in [0.3, 0.4) is 0 Å². The van der Waals surface area contributed by atoms with E-state index < -0.39 is 11.5 Å². The summed E-state index contributed by atoms with van der Waals surface area (Å²) in [5.74, 6) is -0.848. The van der Waals surface area contributed by atoms with E-state index in [1.807, 2.05) is 0 Å². The number of halogens is 1. The van der Waals surface area contributed by atoms with Gasteiger partial charge in [-0.05, 0) is 11.4 Å². The smallest absolute Gasteiger partial charge is 0.354 e. The predicted molar refractivity (Wildman–Crippen MR) is 69.5 cm³/mol. The van der Waals surface area contributed by atoms with Gasteiger partial charge in [0.25, 0.3) is 0 Å². The van der Waals surface area contributed by atoms with Crippen LogP contribution >= 0.6 is 11.3 Å². The minimum absolute atomic E-state index is 0.208. The minimum Gasteiger partial charge on any atom is -0.369 e. The van der Waals surface area contributed by atoms with Gasteiger partial charge in [0.2, 0.25) is 0 Å². The van der Waals surface area contributed by atoms with Crippen molar-refractivity contribution >= 4 is 23.5 Å². The largest absolute Gasteiger partial charge is 0.369 e. The summed E-state index contributed by atoms with van der Waals surface area (Å²) in [5.41, 5.74) is 0.0419. The topological polar surface area (TPSA) is 50.5 Å². The molecule has 2 heterocycles. The van der Waals surface area contributed by atoms with Crippen molar-refractivity contribution in [1.82, 2.24) is 14.5 Å². The summed E-state index contributed by atoms with van der Waals surface area (Å²) in [6.07, 6.45) is 2.49. The van der Waals surface area contributed by atoms with Crippen molar-refractivity contribution in [1.29, 1.82) is 0 Å². The Morgan fingerprint density at radius 3 is 2.94 bits per heavy atom. The van der Waals surface area contributed by atoms with Crippen molar-refractivity contribution in [2.75, 3.05) is 14.1 Å². The highest BCUT2D eigenvalue weighted by atomic mass is 32.1. The highest BCUT2D eigenvalue weighted by molar-refractivity contribution is 7.08. The summed E-state index contributed by atoms with van der Waals surface area (Å²) in [6.45, 7) is 0. The van der Waals surface area contributed by atoms with Crippen LogP contribution in [0.25, 0.3) is 5.69 Å². The Hall–Kier alpha value is -2.02. The van der Waals surface area contributed by atoms with Gasteiger partial charge in [0.1, 0.15) is 0 Å². The zero-order valence-corrected chi connectivity index (χ0v) is 10.7. The number of aromatic nitrogens is 2. The Morgan fingerprint density at radius 1 is 1.56 bits per heavy atom. The van der Waals surface area contributed by atoms with Gasteiger partial charge < -0.3 is 4.90 Å². The zero-order valence-electron chi connectivity index (χ0n) is 9.87. The lowest BCUT2D eigenvalue weighted by Crippen LogP contribution is -2.21. The van der Waals surface area contributed by atoms with Crippen LogP contribution in [0.2, 0.25) is 0 Å². The Kier molecular flexibility index (Phi) is 3.52. The molecule has 18 heavy (non-hydrogen) atoms. The molecule has 2 aromatic heterocycles. The fraction of sp³-hybridized carbons (Fsp3) is 0.182. The molecule has 0 unspecified atom stereocenters. The van der Waals surface area contributed by atoms with Gasteiger partial charge in [-0.2, -0.15) is 16.3 Å². The highest BCUT2D eigenvalue weighted by Gasteiger charge is 2.08. The van der Waals surface area contributed by atoms with Crippen molar-refractivity contribution in [3.63, 3.8) is 0 Å². The second-order valence-electron chi connectivity index (χ2n) is 3.75. The predicted octanol–water partition coefficient (Wildman–Crippen LogP) is 1.65. The molecule has 7 heteroatoms. The second-order valence-corrected chi connectivity index (χ2v) is 4.53. The first kappa shape index (κ1) is 12.4. The Balaban J connectivity index is 2.45. The molecule has 2 rings (SSSR count). The number of aliphatic imine (C=N–C) groups is 1. The second kappa shape index (κ2) is 5.09. The molecule has 5 nitrogen and oxygen atoms in total. The third-order valence-electron chi connectivity index (χ3n) is 2.06. The summed E-state index contributed by atoms with van der Waals surface area (Å²) < 4.78 is 14.9. The maximum Gasteiger partial charge on any atom is 0.354 e. The van der Waals surface area contributed by atoms with Gasteiger partial charge in [0.05, 0.1) is 18.2 Å². The Labute approximate surface area is 107 Å². The van der Waals surface area contributed by atoms with Crippen LogP contribution in [0, 0.1) is 5.82 Å². The van der Waals surface area contributed by atoms with Crippen LogP contribution in [0.1, 0.15) is 0 Å². The molecular formula is C11H11FN4OS. The quantitative estimate of drug-likeness (QED) is 0.627. The van der Waals surface area contributed by atoms with Gasteiger partial charge in [-0.15, -0.1) is 0 Å². The molecule has 0 aliphatic heterocycles. The van der Waals surface area contributed by atoms with Crippen molar-refractivity contribution in [3.8, 4) is 5.69 Å². The lowest BCUT2D eigenvalue weighted by Gasteiger charge is -2.04. The molecule has 0 amide bonds. The first-order valence-corrected chi connectivity index (χ1v) is 6.04. The fourth-order valence-corrected chi connectivity index (χ4v) is 1.89. The lowest BCUT2D eigenvalue weighted by molar-refractivity contribution is 0.601. The van der Waals surface area contributed by atoms with E-state index in [0.29, 0.717) is 5.69 Å². The van der Waals surface area contributed by atoms with E-state index in [4.69, 9.17) is 0 Å². The van der Waals surface area contributed by atoms with E-state index in [1.54, 1.807) is 35.8 Å². The normalized spacial score (nSPS) is 11.1. The van der Waals surface area contributed by atoms with E-state index in [1.165, 1.54) is 17.7 Å². The molecule has 0 aliphatic rings. The summed E-state index contributed by atoms with van der Waals surface area (Å²) >= 11 is 1.42. The van der Waals surface area contributed by atoms with Gasteiger partial charge in [-0.3, -0.25) is 4.57 Å². The molecule has 0 saturated carbocycles. The maximum atomic E-state index is 13.7. The van der Waals surface area contributed by atoms with E-state index in [-0.39, 0.29) is 5.82 Å². The molecule has 0 aromatic carbocycles. The van der Waals surface area contributed by atoms with Crippen molar-refractivity contribution in [2.24, 2.45) is 4.99 Å². The molecule has 0 fully saturated rings. The third-order valence-corrected chi connectivity index (χ3v) is 2.73. The van der Waals surface area contributed by atoms with Crippen molar-refractivity contribution < 1.29 is 4.39 Å². The highest BCUT2D eigenvalue weighted by Crippen LogP contribution is 2.14. The lowest BCUT2D eigenvalue weighted by atomic mass is 10.5. The molecule has 0 spiro atoms. The maximum absolute atomic E-state index is 13.7. The van der Waals surface area contributed by atoms with E-state index >= 15 is 0 Å². The van der Waals surface area contributed by atoms with Gasteiger partial charge in [-0.25, -0.2) is 14.2 Å². The van der Waals surface area contributed by atoms with Crippen LogP contribution in [0.15, 0.2) is 32.8 Å².